The van der Waals surface area contributed by atoms with Crippen molar-refractivity contribution in [2.75, 3.05) is 0 Å². The number of aryl methyl sites for hydroxylation is 1. The summed E-state index contributed by atoms with van der Waals surface area (Å²) < 4.78 is 0. The summed E-state index contributed by atoms with van der Waals surface area (Å²) >= 11 is 0. The summed E-state index contributed by atoms with van der Waals surface area (Å²) in [6.07, 6.45) is 5.58. The minimum absolute atomic E-state index is 0.0317. The second-order valence-electron chi connectivity index (χ2n) is 7.88. The van der Waals surface area contributed by atoms with Crippen molar-refractivity contribution in [3.05, 3.63) is 35.4 Å². The molecule has 0 aromatic heterocycles. The van der Waals surface area contributed by atoms with Crippen LogP contribution in [0.1, 0.15) is 49.7 Å². The van der Waals surface area contributed by atoms with Crippen LogP contribution in [-0.4, -0.2) is 40.9 Å². The van der Waals surface area contributed by atoms with Crippen molar-refractivity contribution in [3.8, 4) is 0 Å². The van der Waals surface area contributed by atoms with Crippen molar-refractivity contribution in [3.63, 3.8) is 0 Å². The van der Waals surface area contributed by atoms with E-state index in [2.05, 4.69) is 22.8 Å². The maximum absolute atomic E-state index is 12.8. The lowest BCUT2D eigenvalue weighted by atomic mass is 9.99. The fraction of sp³-hybridized carbons (Fsp3) is 0.600. The summed E-state index contributed by atoms with van der Waals surface area (Å²) in [6.45, 7) is 2.57. The van der Waals surface area contributed by atoms with Crippen molar-refractivity contribution in [2.24, 2.45) is 0 Å². The van der Waals surface area contributed by atoms with Crippen LogP contribution in [0.3, 0.4) is 0 Å². The average Bonchev–Trinajstić information content (AvgIpc) is 3.12. The van der Waals surface area contributed by atoms with Crippen LogP contribution in [0, 0.1) is 6.92 Å². The lowest BCUT2D eigenvalue weighted by Gasteiger charge is -2.32. The highest BCUT2D eigenvalue weighted by molar-refractivity contribution is 5.91. The van der Waals surface area contributed by atoms with Gasteiger partial charge in [-0.1, -0.05) is 29.8 Å². The molecule has 0 aliphatic carbocycles. The van der Waals surface area contributed by atoms with Gasteiger partial charge in [-0.2, -0.15) is 0 Å². The summed E-state index contributed by atoms with van der Waals surface area (Å²) in [5.74, 6) is 0.121. The molecular formula is C20H27N3O2. The van der Waals surface area contributed by atoms with Crippen LogP contribution < -0.4 is 10.6 Å². The van der Waals surface area contributed by atoms with E-state index >= 15 is 0 Å². The lowest BCUT2D eigenvalue weighted by Crippen LogP contribution is -2.52. The number of nitrogens with zero attached hydrogens (tertiary/aromatic N) is 1. The van der Waals surface area contributed by atoms with E-state index in [-0.39, 0.29) is 23.9 Å². The maximum Gasteiger partial charge on any atom is 0.243 e. The van der Waals surface area contributed by atoms with Gasteiger partial charge >= 0.3 is 0 Å². The fourth-order valence-electron chi connectivity index (χ4n) is 4.57. The van der Waals surface area contributed by atoms with E-state index in [0.717, 1.165) is 18.4 Å². The Balaban J connectivity index is 1.40. The predicted molar refractivity (Wildman–Crippen MR) is 95.9 cm³/mol. The van der Waals surface area contributed by atoms with Crippen LogP contribution in [0.2, 0.25) is 0 Å². The first-order valence-corrected chi connectivity index (χ1v) is 9.50. The van der Waals surface area contributed by atoms with Crippen LogP contribution in [0.15, 0.2) is 24.3 Å². The molecule has 3 heterocycles. The first-order valence-electron chi connectivity index (χ1n) is 9.50. The molecule has 2 bridgehead atoms. The van der Waals surface area contributed by atoms with Crippen molar-refractivity contribution in [1.29, 1.82) is 0 Å². The van der Waals surface area contributed by atoms with Gasteiger partial charge < -0.3 is 15.5 Å². The number of hydrogen-bond donors (Lipinski definition) is 2. The highest BCUT2D eigenvalue weighted by Crippen LogP contribution is 2.28. The normalized spacial score (nSPS) is 31.4. The Morgan fingerprint density at radius 2 is 1.84 bits per heavy atom. The molecule has 1 aromatic rings. The number of rotatable bonds is 4. The Bertz CT molecular complexity index is 645. The third kappa shape index (κ3) is 3.56. The quantitative estimate of drug-likeness (QED) is 0.879. The monoisotopic (exact) mass is 341 g/mol. The molecule has 5 nitrogen and oxygen atoms in total. The number of fused-ring (bicyclic) bond motifs is 2. The Morgan fingerprint density at radius 3 is 2.52 bits per heavy atom. The van der Waals surface area contributed by atoms with Crippen LogP contribution >= 0.6 is 0 Å². The Hall–Kier alpha value is -1.88. The number of carbonyl (C=O) groups is 2. The van der Waals surface area contributed by atoms with Crippen molar-refractivity contribution in [2.45, 2.75) is 76.2 Å². The molecule has 2 N–H and O–H groups in total. The second-order valence-corrected chi connectivity index (χ2v) is 7.88. The molecule has 3 aliphatic rings. The maximum atomic E-state index is 12.8. The molecule has 3 fully saturated rings. The number of nitrogens with one attached hydrogen (secondary N) is 2. The summed E-state index contributed by atoms with van der Waals surface area (Å²) in [4.78, 5) is 26.9. The molecule has 3 saturated heterocycles. The summed E-state index contributed by atoms with van der Waals surface area (Å²) in [5.41, 5.74) is 2.28. The largest absolute Gasteiger partial charge is 0.351 e. The standard InChI is InChI=1S/C20H27N3O2/c1-13-2-4-14(5-3-13)12-23-18(8-9-19(23)24)20(25)22-17-10-15-6-7-16(11-17)21-15/h2-5,15-18,21H,6-12H2,1H3,(H,22,25). The van der Waals surface area contributed by atoms with Gasteiger partial charge in [0.25, 0.3) is 0 Å². The highest BCUT2D eigenvalue weighted by Gasteiger charge is 2.39. The van der Waals surface area contributed by atoms with Gasteiger partial charge in [-0.3, -0.25) is 9.59 Å². The van der Waals surface area contributed by atoms with E-state index in [1.54, 1.807) is 4.90 Å². The number of amides is 2. The van der Waals surface area contributed by atoms with Crippen LogP contribution in [0.4, 0.5) is 0 Å². The van der Waals surface area contributed by atoms with E-state index in [9.17, 15) is 9.59 Å². The van der Waals surface area contributed by atoms with E-state index in [0.29, 0.717) is 31.5 Å². The van der Waals surface area contributed by atoms with Gasteiger partial charge in [0, 0.05) is 31.1 Å². The molecule has 2 amide bonds. The molecule has 1 aromatic carbocycles. The van der Waals surface area contributed by atoms with Crippen molar-refractivity contribution < 1.29 is 9.59 Å². The first kappa shape index (κ1) is 16.6. The molecule has 134 valence electrons. The number of benzene rings is 1. The van der Waals surface area contributed by atoms with Crippen LogP contribution in [0.5, 0.6) is 0 Å². The third-order valence-corrected chi connectivity index (χ3v) is 5.92. The topological polar surface area (TPSA) is 61.4 Å². The zero-order valence-electron chi connectivity index (χ0n) is 14.8. The van der Waals surface area contributed by atoms with E-state index in [4.69, 9.17) is 0 Å². The predicted octanol–water partition coefficient (Wildman–Crippen LogP) is 1.89. The molecule has 3 atom stereocenters. The van der Waals surface area contributed by atoms with E-state index in [1.165, 1.54) is 18.4 Å². The average molecular weight is 341 g/mol. The van der Waals surface area contributed by atoms with Gasteiger partial charge in [0.1, 0.15) is 6.04 Å². The lowest BCUT2D eigenvalue weighted by molar-refractivity contribution is -0.136. The number of hydrogen-bond acceptors (Lipinski definition) is 3. The molecule has 0 radical (unpaired) electrons. The van der Waals surface area contributed by atoms with Gasteiger partial charge in [0.15, 0.2) is 0 Å². The second kappa shape index (κ2) is 6.79. The van der Waals surface area contributed by atoms with Gasteiger partial charge in [-0.25, -0.2) is 0 Å². The molecule has 0 spiro atoms. The van der Waals surface area contributed by atoms with E-state index in [1.807, 2.05) is 19.1 Å². The zero-order chi connectivity index (χ0) is 17.4. The minimum atomic E-state index is -0.318. The first-order chi connectivity index (χ1) is 12.1. The minimum Gasteiger partial charge on any atom is -0.351 e. The number of carbonyl (C=O) groups excluding carboxylic acids is 2. The molecule has 3 unspecified atom stereocenters. The zero-order valence-corrected chi connectivity index (χ0v) is 14.8. The number of piperidine rings is 1. The van der Waals surface area contributed by atoms with Gasteiger partial charge in [-0.05, 0) is 44.6 Å². The molecule has 0 saturated carbocycles. The fourth-order valence-corrected chi connectivity index (χ4v) is 4.57. The van der Waals surface area contributed by atoms with Crippen molar-refractivity contribution in [1.82, 2.24) is 15.5 Å². The molecule has 3 aliphatic heterocycles. The Labute approximate surface area is 149 Å². The smallest absolute Gasteiger partial charge is 0.243 e. The summed E-state index contributed by atoms with van der Waals surface area (Å²) in [7, 11) is 0. The van der Waals surface area contributed by atoms with Gasteiger partial charge in [-0.15, -0.1) is 0 Å². The third-order valence-electron chi connectivity index (χ3n) is 5.92. The number of likely N-dealkylation sites (tertiary alicyclic amines) is 1. The van der Waals surface area contributed by atoms with E-state index < -0.39 is 0 Å². The van der Waals surface area contributed by atoms with Crippen LogP contribution in [0.25, 0.3) is 0 Å². The summed E-state index contributed by atoms with van der Waals surface area (Å²) in [5, 5.41) is 6.83. The summed E-state index contributed by atoms with van der Waals surface area (Å²) in [6, 6.07) is 9.23. The van der Waals surface area contributed by atoms with Crippen LogP contribution in [-0.2, 0) is 16.1 Å². The van der Waals surface area contributed by atoms with Gasteiger partial charge in [0.05, 0.1) is 0 Å². The molecule has 25 heavy (non-hydrogen) atoms. The Kier molecular flexibility index (Phi) is 4.50. The highest BCUT2D eigenvalue weighted by atomic mass is 16.2. The Morgan fingerprint density at radius 1 is 1.16 bits per heavy atom. The van der Waals surface area contributed by atoms with Gasteiger partial charge in [0.2, 0.25) is 11.8 Å². The van der Waals surface area contributed by atoms with Crippen molar-refractivity contribution >= 4 is 11.8 Å². The molecule has 5 heteroatoms. The molecule has 4 rings (SSSR count). The molecular weight excluding hydrogens is 314 g/mol. The SMILES string of the molecule is Cc1ccc(CN2C(=O)CCC2C(=O)NC2CC3CCC(C2)N3)cc1.